The van der Waals surface area contributed by atoms with E-state index >= 15 is 0 Å². The molecule has 2 unspecified atom stereocenters. The molecule has 0 aromatic heterocycles. The first-order chi connectivity index (χ1) is 7.97. The molecule has 3 N–H and O–H groups in total. The first-order valence-electron chi connectivity index (χ1n) is 5.28. The van der Waals surface area contributed by atoms with Crippen LogP contribution in [0.5, 0.6) is 0 Å². The number of nitrogens with one attached hydrogen (secondary N) is 2. The lowest BCUT2D eigenvalue weighted by molar-refractivity contribution is 0.168. The van der Waals surface area contributed by atoms with Crippen LogP contribution in [0.4, 0.5) is 0 Å². The van der Waals surface area contributed by atoms with Crippen molar-refractivity contribution in [3.63, 3.8) is 0 Å². The number of aliphatic hydroxyl groups excluding tert-OH is 1. The molecule has 1 aliphatic rings. The highest BCUT2D eigenvalue weighted by Gasteiger charge is 2.32. The van der Waals surface area contributed by atoms with Crippen LogP contribution in [0.15, 0.2) is 16.9 Å². The quantitative estimate of drug-likeness (QED) is 0.505. The average molecular weight is 371 g/mol. The lowest BCUT2D eigenvalue weighted by atomic mass is 9.98. The molecule has 7 heteroatoms. The first kappa shape index (κ1) is 14.7. The fourth-order valence-electron chi connectivity index (χ4n) is 1.58. The Morgan fingerprint density at radius 2 is 2.53 bits per heavy atom. The number of hydrogen-bond donors (Lipinski definition) is 3. The van der Waals surface area contributed by atoms with E-state index in [1.807, 2.05) is 14.0 Å². The van der Waals surface area contributed by atoms with Crippen molar-refractivity contribution >= 4 is 43.1 Å². The zero-order chi connectivity index (χ0) is 13.0. The molecule has 2 atom stereocenters. The van der Waals surface area contributed by atoms with Crippen LogP contribution in [0.3, 0.4) is 0 Å². The Kier molecular flexibility index (Phi) is 5.68. The van der Waals surface area contributed by atoms with Gasteiger partial charge in [0.2, 0.25) is 0 Å². The molecular formula is C10H16ClIN4O. The minimum atomic E-state index is -0.806. The highest BCUT2D eigenvalue weighted by molar-refractivity contribution is 14.1. The molecule has 0 aromatic rings. The summed E-state index contributed by atoms with van der Waals surface area (Å²) in [6.45, 7) is 3.29. The predicted octanol–water partition coefficient (Wildman–Crippen LogP) is 1.37. The summed E-state index contributed by atoms with van der Waals surface area (Å²) < 4.78 is 0.831. The Labute approximate surface area is 120 Å². The summed E-state index contributed by atoms with van der Waals surface area (Å²) >= 11 is 7.80. The summed E-state index contributed by atoms with van der Waals surface area (Å²) in [5.41, 5.74) is 0.401. The first-order valence-corrected chi connectivity index (χ1v) is 6.74. The molecule has 0 fully saturated rings. The number of hydrazone groups is 1. The third kappa shape index (κ3) is 3.82. The molecule has 0 spiro atoms. The van der Waals surface area contributed by atoms with E-state index in [1.54, 1.807) is 11.2 Å². The van der Waals surface area contributed by atoms with Crippen LogP contribution >= 0.6 is 34.2 Å². The molecular weight excluding hydrogens is 354 g/mol. The van der Waals surface area contributed by atoms with E-state index in [2.05, 4.69) is 33.0 Å². The van der Waals surface area contributed by atoms with E-state index < -0.39 is 6.10 Å². The minimum absolute atomic E-state index is 0.121. The summed E-state index contributed by atoms with van der Waals surface area (Å²) in [7, 11) is 1.85. The maximum Gasteiger partial charge on any atom is 0.128 e. The number of nitrogens with zero attached hydrogens (tertiary/aromatic N) is 2. The maximum atomic E-state index is 10.2. The molecule has 1 heterocycles. The van der Waals surface area contributed by atoms with E-state index in [-0.39, 0.29) is 11.1 Å². The van der Waals surface area contributed by atoms with Crippen molar-refractivity contribution in [2.75, 3.05) is 20.1 Å². The van der Waals surface area contributed by atoms with Crippen molar-refractivity contribution < 1.29 is 5.11 Å². The van der Waals surface area contributed by atoms with E-state index in [9.17, 15) is 5.11 Å². The van der Waals surface area contributed by atoms with E-state index in [4.69, 9.17) is 17.0 Å². The normalized spacial score (nSPS) is 22.4. The fourth-order valence-corrected chi connectivity index (χ4v) is 2.65. The molecule has 0 saturated heterocycles. The molecule has 96 valence electrons. The van der Waals surface area contributed by atoms with Crippen molar-refractivity contribution in [3.8, 4) is 0 Å². The zero-order valence-corrected chi connectivity index (χ0v) is 12.7. The predicted molar refractivity (Wildman–Crippen MR) is 78.9 cm³/mol. The van der Waals surface area contributed by atoms with E-state index in [0.717, 1.165) is 10.3 Å². The van der Waals surface area contributed by atoms with Gasteiger partial charge in [-0.25, -0.2) is 0 Å². The number of halogens is 2. The van der Waals surface area contributed by atoms with Gasteiger partial charge in [-0.1, -0.05) is 11.6 Å². The van der Waals surface area contributed by atoms with Crippen LogP contribution in [0.1, 0.15) is 6.92 Å². The zero-order valence-electron chi connectivity index (χ0n) is 9.74. The van der Waals surface area contributed by atoms with Crippen LogP contribution in [0.2, 0.25) is 0 Å². The van der Waals surface area contributed by atoms with Crippen molar-refractivity contribution in [3.05, 3.63) is 11.8 Å². The Morgan fingerprint density at radius 1 is 1.88 bits per heavy atom. The Bertz CT molecular complexity index is 358. The summed E-state index contributed by atoms with van der Waals surface area (Å²) in [6.07, 6.45) is 0.794. The van der Waals surface area contributed by atoms with Gasteiger partial charge in [0.15, 0.2) is 0 Å². The van der Waals surface area contributed by atoms with Crippen molar-refractivity contribution in [2.24, 2.45) is 11.0 Å². The highest BCUT2D eigenvalue weighted by atomic mass is 127. The third-order valence-corrected chi connectivity index (χ3v) is 3.68. The Morgan fingerprint density at radius 3 is 2.94 bits per heavy atom. The highest BCUT2D eigenvalue weighted by Crippen LogP contribution is 2.25. The van der Waals surface area contributed by atoms with Crippen LogP contribution in [0, 0.1) is 11.3 Å². The van der Waals surface area contributed by atoms with Gasteiger partial charge in [0.05, 0.1) is 12.0 Å². The molecule has 0 bridgehead atoms. The largest absolute Gasteiger partial charge is 0.391 e. The average Bonchev–Trinajstić information content (AvgIpc) is 2.57. The lowest BCUT2D eigenvalue weighted by Gasteiger charge is -2.20. The minimum Gasteiger partial charge on any atom is -0.391 e. The van der Waals surface area contributed by atoms with Gasteiger partial charge in [0, 0.05) is 31.9 Å². The molecule has 0 amide bonds. The SMILES string of the molecule is CCN/C=C(\C(=N)Cl)C(O)C1CN(C)N=C1I. The van der Waals surface area contributed by atoms with E-state index in [0.29, 0.717) is 12.1 Å². The van der Waals surface area contributed by atoms with Gasteiger partial charge < -0.3 is 10.4 Å². The summed E-state index contributed by atoms with van der Waals surface area (Å²) in [6, 6.07) is 0. The van der Waals surface area contributed by atoms with Crippen molar-refractivity contribution in [2.45, 2.75) is 13.0 Å². The molecule has 0 saturated carbocycles. The van der Waals surface area contributed by atoms with Gasteiger partial charge >= 0.3 is 0 Å². The standard InChI is InChI=1S/C10H16ClIN4O/c1-3-14-4-6(9(11)13)8(17)7-5-16(2)15-10(7)12/h4,7-8,13-14,17H,3,5H2,1-2H3/b6-4-,13-9?. The van der Waals surface area contributed by atoms with Crippen LogP contribution in [-0.2, 0) is 0 Å². The van der Waals surface area contributed by atoms with Crippen LogP contribution in [0.25, 0.3) is 0 Å². The van der Waals surface area contributed by atoms with Gasteiger partial charge in [0.25, 0.3) is 0 Å². The van der Waals surface area contributed by atoms with Crippen molar-refractivity contribution in [1.29, 1.82) is 5.41 Å². The Balaban J connectivity index is 2.83. The van der Waals surface area contributed by atoms with Gasteiger partial charge in [-0.2, -0.15) is 5.10 Å². The number of aliphatic hydroxyl groups is 1. The molecule has 17 heavy (non-hydrogen) atoms. The van der Waals surface area contributed by atoms with Gasteiger partial charge in [0.1, 0.15) is 8.89 Å². The second kappa shape index (κ2) is 6.55. The fraction of sp³-hybridized carbons (Fsp3) is 0.600. The summed E-state index contributed by atoms with van der Waals surface area (Å²) in [5.74, 6) is -0.121. The van der Waals surface area contributed by atoms with Gasteiger partial charge in [-0.15, -0.1) is 0 Å². The van der Waals surface area contributed by atoms with Crippen LogP contribution in [-0.4, -0.2) is 45.2 Å². The molecule has 0 aliphatic carbocycles. The van der Waals surface area contributed by atoms with Gasteiger partial charge in [-0.05, 0) is 29.5 Å². The Hall–Kier alpha value is -0.340. The summed E-state index contributed by atoms with van der Waals surface area (Å²) in [5, 5.41) is 26.6. The monoisotopic (exact) mass is 370 g/mol. The van der Waals surface area contributed by atoms with Crippen molar-refractivity contribution in [1.82, 2.24) is 10.3 Å². The molecule has 1 aliphatic heterocycles. The van der Waals surface area contributed by atoms with E-state index in [1.165, 1.54) is 0 Å². The van der Waals surface area contributed by atoms with Gasteiger partial charge in [-0.3, -0.25) is 10.4 Å². The molecule has 5 nitrogen and oxygen atoms in total. The molecule has 0 radical (unpaired) electrons. The second-order valence-electron chi connectivity index (χ2n) is 3.79. The number of rotatable bonds is 5. The van der Waals surface area contributed by atoms with Crippen LogP contribution < -0.4 is 5.32 Å². The third-order valence-electron chi connectivity index (χ3n) is 2.45. The number of hydrogen-bond acceptors (Lipinski definition) is 5. The maximum absolute atomic E-state index is 10.2. The molecule has 0 aromatic carbocycles. The lowest BCUT2D eigenvalue weighted by Crippen LogP contribution is -2.32. The molecule has 1 rings (SSSR count). The smallest absolute Gasteiger partial charge is 0.128 e. The second-order valence-corrected chi connectivity index (χ2v) is 5.27. The topological polar surface area (TPSA) is 71.7 Å². The summed E-state index contributed by atoms with van der Waals surface area (Å²) in [4.78, 5) is 0.